The molecule has 1 N–H and O–H groups in total. The van der Waals surface area contributed by atoms with E-state index in [9.17, 15) is 0 Å². The average Bonchev–Trinajstić information content (AvgIpc) is 2.39. The zero-order valence-electron chi connectivity index (χ0n) is 9.64. The maximum Gasteiger partial charge on any atom is 0.0998 e. The Hall–Kier alpha value is -2.11. The van der Waals surface area contributed by atoms with Crippen molar-refractivity contribution >= 4 is 0 Å². The molecule has 17 heavy (non-hydrogen) atoms. The van der Waals surface area contributed by atoms with Gasteiger partial charge in [0.05, 0.1) is 18.2 Å². The molecular weight excluding hydrogens is 210 g/mol. The van der Waals surface area contributed by atoms with Crippen LogP contribution in [-0.4, -0.2) is 5.11 Å². The summed E-state index contributed by atoms with van der Waals surface area (Å²) in [5.74, 6) is 0. The molecule has 84 valence electrons. The van der Waals surface area contributed by atoms with E-state index in [-0.39, 0.29) is 6.61 Å². The minimum absolute atomic E-state index is 0.0409. The molecule has 2 aromatic rings. The molecule has 0 unspecified atom stereocenters. The molecular formula is C15H13NO. The van der Waals surface area contributed by atoms with Gasteiger partial charge < -0.3 is 5.11 Å². The van der Waals surface area contributed by atoms with Crippen molar-refractivity contribution in [1.82, 2.24) is 0 Å². The summed E-state index contributed by atoms with van der Waals surface area (Å²) in [7, 11) is 0. The van der Waals surface area contributed by atoms with Crippen molar-refractivity contribution in [3.63, 3.8) is 0 Å². The quantitative estimate of drug-likeness (QED) is 0.850. The van der Waals surface area contributed by atoms with E-state index in [1.54, 1.807) is 0 Å². The van der Waals surface area contributed by atoms with E-state index in [1.165, 1.54) is 0 Å². The summed E-state index contributed by atoms with van der Waals surface area (Å²) in [6.45, 7) is 2.05. The smallest absolute Gasteiger partial charge is 0.0998 e. The predicted molar refractivity (Wildman–Crippen MR) is 67.3 cm³/mol. The number of nitriles is 1. The minimum Gasteiger partial charge on any atom is -0.392 e. The van der Waals surface area contributed by atoms with Crippen LogP contribution in [0.1, 0.15) is 16.7 Å². The lowest BCUT2D eigenvalue weighted by Gasteiger charge is -2.06. The number of aliphatic hydroxyl groups is 1. The lowest BCUT2D eigenvalue weighted by atomic mass is 9.97. The Morgan fingerprint density at radius 3 is 2.41 bits per heavy atom. The first kappa shape index (κ1) is 11.4. The third-order valence-electron chi connectivity index (χ3n) is 2.74. The number of hydrogen-bond donors (Lipinski definition) is 1. The van der Waals surface area contributed by atoms with Gasteiger partial charge in [0.15, 0.2) is 0 Å². The van der Waals surface area contributed by atoms with E-state index < -0.39 is 0 Å². The lowest BCUT2D eigenvalue weighted by molar-refractivity contribution is 0.282. The summed E-state index contributed by atoms with van der Waals surface area (Å²) >= 11 is 0. The van der Waals surface area contributed by atoms with Gasteiger partial charge in [0, 0.05) is 0 Å². The maximum absolute atomic E-state index is 9.08. The predicted octanol–water partition coefficient (Wildman–Crippen LogP) is 3.03. The molecule has 0 bridgehead atoms. The highest BCUT2D eigenvalue weighted by molar-refractivity contribution is 5.71. The highest BCUT2D eigenvalue weighted by atomic mass is 16.3. The van der Waals surface area contributed by atoms with Gasteiger partial charge in [0.1, 0.15) is 0 Å². The third kappa shape index (κ3) is 2.35. The van der Waals surface area contributed by atoms with Crippen molar-refractivity contribution in [1.29, 1.82) is 5.26 Å². The molecule has 0 spiro atoms. The van der Waals surface area contributed by atoms with E-state index in [0.717, 1.165) is 22.3 Å². The molecule has 2 rings (SSSR count). The second-order valence-corrected chi connectivity index (χ2v) is 4.02. The summed E-state index contributed by atoms with van der Waals surface area (Å²) in [6, 6.07) is 15.6. The monoisotopic (exact) mass is 223 g/mol. The number of benzene rings is 2. The molecule has 0 atom stereocenters. The number of nitrogens with zero attached hydrogens (tertiary/aromatic N) is 1. The highest BCUT2D eigenvalue weighted by Gasteiger charge is 2.04. The lowest BCUT2D eigenvalue weighted by Crippen LogP contribution is -1.87. The Balaban J connectivity index is 2.52. The second-order valence-electron chi connectivity index (χ2n) is 4.02. The van der Waals surface area contributed by atoms with Crippen LogP contribution in [-0.2, 0) is 6.61 Å². The Kier molecular flexibility index (Phi) is 3.22. The van der Waals surface area contributed by atoms with Crippen LogP contribution in [0.4, 0.5) is 0 Å². The standard InChI is InChI=1S/C15H13NO/c1-11-2-5-14(9-16)15(8-11)13-6-3-12(10-17)4-7-13/h2-8,17H,10H2,1H3. The fourth-order valence-electron chi connectivity index (χ4n) is 1.78. The van der Waals surface area contributed by atoms with Gasteiger partial charge in [-0.25, -0.2) is 0 Å². The van der Waals surface area contributed by atoms with E-state index in [0.29, 0.717) is 5.56 Å². The van der Waals surface area contributed by atoms with Crippen LogP contribution in [0.2, 0.25) is 0 Å². The zero-order valence-corrected chi connectivity index (χ0v) is 9.64. The molecule has 0 amide bonds. The first-order valence-corrected chi connectivity index (χ1v) is 5.45. The van der Waals surface area contributed by atoms with Crippen molar-refractivity contribution in [2.75, 3.05) is 0 Å². The van der Waals surface area contributed by atoms with Gasteiger partial charge in [-0.15, -0.1) is 0 Å². The van der Waals surface area contributed by atoms with Gasteiger partial charge in [-0.1, -0.05) is 42.0 Å². The molecule has 0 saturated heterocycles. The first-order valence-electron chi connectivity index (χ1n) is 5.45. The second kappa shape index (κ2) is 4.82. The largest absolute Gasteiger partial charge is 0.392 e. The summed E-state index contributed by atoms with van der Waals surface area (Å²) in [5.41, 5.74) is 4.62. The van der Waals surface area contributed by atoms with Gasteiger partial charge in [-0.2, -0.15) is 5.26 Å². The first-order chi connectivity index (χ1) is 8.24. The maximum atomic E-state index is 9.08. The summed E-state index contributed by atoms with van der Waals surface area (Å²) in [6.07, 6.45) is 0. The SMILES string of the molecule is Cc1ccc(C#N)c(-c2ccc(CO)cc2)c1. The Bertz CT molecular complexity index is 564. The van der Waals surface area contributed by atoms with Crippen LogP contribution < -0.4 is 0 Å². The number of rotatable bonds is 2. The van der Waals surface area contributed by atoms with Crippen LogP contribution in [0.25, 0.3) is 11.1 Å². The normalized spacial score (nSPS) is 9.94. The molecule has 0 fully saturated rings. The summed E-state index contributed by atoms with van der Waals surface area (Å²) in [5, 5.41) is 18.1. The van der Waals surface area contributed by atoms with Crippen LogP contribution in [0, 0.1) is 18.3 Å². The molecule has 0 heterocycles. The molecule has 2 aromatic carbocycles. The molecule has 2 nitrogen and oxygen atoms in total. The molecule has 0 aliphatic heterocycles. The fraction of sp³-hybridized carbons (Fsp3) is 0.133. The van der Waals surface area contributed by atoms with Gasteiger partial charge in [-0.05, 0) is 29.7 Å². The Labute approximate surface area is 101 Å². The van der Waals surface area contributed by atoms with Crippen molar-refractivity contribution in [2.24, 2.45) is 0 Å². The van der Waals surface area contributed by atoms with Gasteiger partial charge in [-0.3, -0.25) is 0 Å². The van der Waals surface area contributed by atoms with Crippen LogP contribution >= 0.6 is 0 Å². The topological polar surface area (TPSA) is 44.0 Å². The number of aliphatic hydroxyl groups excluding tert-OH is 1. The zero-order chi connectivity index (χ0) is 12.3. The molecule has 0 aliphatic rings. The van der Waals surface area contributed by atoms with Gasteiger partial charge >= 0.3 is 0 Å². The summed E-state index contributed by atoms with van der Waals surface area (Å²) < 4.78 is 0. The molecule has 0 radical (unpaired) electrons. The Morgan fingerprint density at radius 1 is 1.12 bits per heavy atom. The molecule has 0 saturated carbocycles. The van der Waals surface area contributed by atoms with E-state index in [2.05, 4.69) is 6.07 Å². The number of hydrogen-bond acceptors (Lipinski definition) is 2. The van der Waals surface area contributed by atoms with E-state index >= 15 is 0 Å². The van der Waals surface area contributed by atoms with Gasteiger partial charge in [0.2, 0.25) is 0 Å². The molecule has 0 aliphatic carbocycles. The van der Waals surface area contributed by atoms with Crippen molar-refractivity contribution in [3.8, 4) is 17.2 Å². The fourth-order valence-corrected chi connectivity index (χ4v) is 1.78. The average molecular weight is 223 g/mol. The minimum atomic E-state index is 0.0409. The summed E-state index contributed by atoms with van der Waals surface area (Å²) in [4.78, 5) is 0. The van der Waals surface area contributed by atoms with Crippen LogP contribution in [0.15, 0.2) is 42.5 Å². The third-order valence-corrected chi connectivity index (χ3v) is 2.74. The highest BCUT2D eigenvalue weighted by Crippen LogP contribution is 2.24. The van der Waals surface area contributed by atoms with E-state index in [1.807, 2.05) is 49.4 Å². The van der Waals surface area contributed by atoms with Crippen molar-refractivity contribution < 1.29 is 5.11 Å². The van der Waals surface area contributed by atoms with Crippen molar-refractivity contribution in [2.45, 2.75) is 13.5 Å². The van der Waals surface area contributed by atoms with E-state index in [4.69, 9.17) is 10.4 Å². The van der Waals surface area contributed by atoms with Crippen molar-refractivity contribution in [3.05, 3.63) is 59.2 Å². The van der Waals surface area contributed by atoms with Crippen LogP contribution in [0.5, 0.6) is 0 Å². The number of aryl methyl sites for hydroxylation is 1. The molecule has 2 heteroatoms. The van der Waals surface area contributed by atoms with Gasteiger partial charge in [0.25, 0.3) is 0 Å². The Morgan fingerprint density at radius 2 is 1.82 bits per heavy atom. The van der Waals surface area contributed by atoms with Crippen LogP contribution in [0.3, 0.4) is 0 Å². The molecule has 0 aromatic heterocycles.